The summed E-state index contributed by atoms with van der Waals surface area (Å²) in [7, 11) is 3.19. The summed E-state index contributed by atoms with van der Waals surface area (Å²) in [6.45, 7) is 0. The van der Waals surface area contributed by atoms with Crippen LogP contribution in [0.15, 0.2) is 54.9 Å². The molecule has 0 aliphatic carbocycles. The van der Waals surface area contributed by atoms with E-state index < -0.39 is 23.8 Å². The highest BCUT2D eigenvalue weighted by Crippen LogP contribution is 2.25. The van der Waals surface area contributed by atoms with Gasteiger partial charge in [0.15, 0.2) is 0 Å². The monoisotopic (exact) mass is 392 g/mol. The van der Waals surface area contributed by atoms with E-state index in [-0.39, 0.29) is 22.5 Å². The van der Waals surface area contributed by atoms with Gasteiger partial charge in [-0.1, -0.05) is 12.1 Å². The van der Waals surface area contributed by atoms with Gasteiger partial charge in [0.1, 0.15) is 17.7 Å². The third kappa shape index (κ3) is 3.18. The number of amides is 3. The van der Waals surface area contributed by atoms with Crippen LogP contribution in [0.5, 0.6) is 0 Å². The van der Waals surface area contributed by atoms with Gasteiger partial charge in [0.05, 0.1) is 11.1 Å². The molecule has 3 aromatic rings. The first kappa shape index (κ1) is 18.5. The van der Waals surface area contributed by atoms with Crippen LogP contribution in [-0.2, 0) is 7.05 Å². The van der Waals surface area contributed by atoms with E-state index in [0.29, 0.717) is 11.4 Å². The van der Waals surface area contributed by atoms with Gasteiger partial charge in [-0.2, -0.15) is 0 Å². The number of carbonyl (C=O) groups is 3. The Morgan fingerprint density at radius 1 is 1.03 bits per heavy atom. The van der Waals surface area contributed by atoms with E-state index in [1.165, 1.54) is 37.4 Å². The number of imide groups is 1. The molecule has 0 saturated carbocycles. The molecule has 1 aliphatic heterocycles. The summed E-state index contributed by atoms with van der Waals surface area (Å²) < 4.78 is 15.1. The van der Waals surface area contributed by atoms with E-state index in [1.54, 1.807) is 36.1 Å². The van der Waals surface area contributed by atoms with Gasteiger partial charge in [0.2, 0.25) is 0 Å². The van der Waals surface area contributed by atoms with Crippen LogP contribution in [0.1, 0.15) is 48.5 Å². The molecule has 0 fully saturated rings. The third-order valence-corrected chi connectivity index (χ3v) is 4.95. The maximum Gasteiger partial charge on any atom is 0.261 e. The SMILES string of the molecule is CN1C(=O)c2ccc(C(=O)NC(c3ccc(F)cc3)c3nccn3C)cc2C1=O. The van der Waals surface area contributed by atoms with Gasteiger partial charge in [-0.25, -0.2) is 9.37 Å². The summed E-state index contributed by atoms with van der Waals surface area (Å²) in [5, 5.41) is 2.89. The number of hydrogen-bond acceptors (Lipinski definition) is 4. The number of aryl methyl sites for hydroxylation is 1. The molecule has 3 amide bonds. The zero-order valence-corrected chi connectivity index (χ0v) is 15.7. The minimum absolute atomic E-state index is 0.195. The molecule has 1 unspecified atom stereocenters. The first-order valence-corrected chi connectivity index (χ1v) is 8.87. The zero-order chi connectivity index (χ0) is 20.7. The van der Waals surface area contributed by atoms with Crippen LogP contribution >= 0.6 is 0 Å². The Kier molecular flexibility index (Phi) is 4.46. The molecule has 0 saturated heterocycles. The van der Waals surface area contributed by atoms with Crippen LogP contribution in [0.25, 0.3) is 0 Å². The molecule has 1 N–H and O–H groups in total. The fourth-order valence-electron chi connectivity index (χ4n) is 3.32. The summed E-state index contributed by atoms with van der Waals surface area (Å²) in [5.74, 6) is -1.10. The third-order valence-electron chi connectivity index (χ3n) is 4.95. The maximum atomic E-state index is 13.4. The van der Waals surface area contributed by atoms with E-state index in [4.69, 9.17) is 0 Å². The topological polar surface area (TPSA) is 84.3 Å². The van der Waals surface area contributed by atoms with Crippen molar-refractivity contribution in [2.24, 2.45) is 7.05 Å². The smallest absolute Gasteiger partial charge is 0.261 e. The van der Waals surface area contributed by atoms with Crippen molar-refractivity contribution in [2.45, 2.75) is 6.04 Å². The number of nitrogens with zero attached hydrogens (tertiary/aromatic N) is 3. The highest BCUT2D eigenvalue weighted by Gasteiger charge is 2.33. The molecule has 8 heteroatoms. The minimum Gasteiger partial charge on any atom is -0.338 e. The number of imidazole rings is 1. The zero-order valence-electron chi connectivity index (χ0n) is 15.7. The van der Waals surface area contributed by atoms with Crippen LogP contribution in [0.3, 0.4) is 0 Å². The molecular formula is C21H17FN4O3. The van der Waals surface area contributed by atoms with Crippen LogP contribution in [0, 0.1) is 5.82 Å². The molecule has 1 aromatic heterocycles. The molecule has 146 valence electrons. The lowest BCUT2D eigenvalue weighted by Gasteiger charge is -2.19. The average molecular weight is 392 g/mol. The Bertz CT molecular complexity index is 1140. The second-order valence-corrected chi connectivity index (χ2v) is 6.78. The molecule has 4 rings (SSSR count). The van der Waals surface area contributed by atoms with Gasteiger partial charge in [-0.15, -0.1) is 0 Å². The van der Waals surface area contributed by atoms with Gasteiger partial charge in [-0.05, 0) is 35.9 Å². The second kappa shape index (κ2) is 6.97. The van der Waals surface area contributed by atoms with Gasteiger partial charge < -0.3 is 9.88 Å². The van der Waals surface area contributed by atoms with Crippen molar-refractivity contribution in [1.29, 1.82) is 0 Å². The fraction of sp³-hybridized carbons (Fsp3) is 0.143. The summed E-state index contributed by atoms with van der Waals surface area (Å²) >= 11 is 0. The van der Waals surface area contributed by atoms with Crippen LogP contribution < -0.4 is 5.32 Å². The number of carbonyl (C=O) groups excluding carboxylic acids is 3. The Hall–Kier alpha value is -3.81. The molecular weight excluding hydrogens is 375 g/mol. The number of hydrogen-bond donors (Lipinski definition) is 1. The van der Waals surface area contributed by atoms with Crippen LogP contribution in [0.2, 0.25) is 0 Å². The van der Waals surface area contributed by atoms with Crippen molar-refractivity contribution in [3.05, 3.63) is 88.8 Å². The largest absolute Gasteiger partial charge is 0.338 e. The molecule has 0 bridgehead atoms. The lowest BCUT2D eigenvalue weighted by molar-refractivity contribution is 0.0693. The Balaban J connectivity index is 1.68. The molecule has 2 aromatic carbocycles. The van der Waals surface area contributed by atoms with Gasteiger partial charge >= 0.3 is 0 Å². The molecule has 0 spiro atoms. The number of benzene rings is 2. The van der Waals surface area contributed by atoms with Gasteiger partial charge in [0.25, 0.3) is 17.7 Å². The Morgan fingerprint density at radius 2 is 1.72 bits per heavy atom. The highest BCUT2D eigenvalue weighted by atomic mass is 19.1. The Morgan fingerprint density at radius 3 is 2.38 bits per heavy atom. The lowest BCUT2D eigenvalue weighted by Crippen LogP contribution is -2.31. The fourth-order valence-corrected chi connectivity index (χ4v) is 3.32. The summed E-state index contributed by atoms with van der Waals surface area (Å²) in [6.07, 6.45) is 3.35. The van der Waals surface area contributed by atoms with Crippen molar-refractivity contribution in [2.75, 3.05) is 7.05 Å². The van der Waals surface area contributed by atoms with E-state index in [0.717, 1.165) is 4.90 Å². The van der Waals surface area contributed by atoms with E-state index in [1.807, 2.05) is 0 Å². The maximum absolute atomic E-state index is 13.4. The predicted octanol–water partition coefficient (Wildman–Crippen LogP) is 2.30. The molecule has 1 atom stereocenters. The van der Waals surface area contributed by atoms with Crippen molar-refractivity contribution in [1.82, 2.24) is 19.8 Å². The van der Waals surface area contributed by atoms with E-state index in [9.17, 15) is 18.8 Å². The van der Waals surface area contributed by atoms with Crippen molar-refractivity contribution >= 4 is 17.7 Å². The van der Waals surface area contributed by atoms with Crippen LogP contribution in [-0.4, -0.2) is 39.2 Å². The van der Waals surface area contributed by atoms with Crippen molar-refractivity contribution in [3.63, 3.8) is 0 Å². The summed E-state index contributed by atoms with van der Waals surface area (Å²) in [6, 6.07) is 9.54. The molecule has 1 aliphatic rings. The van der Waals surface area contributed by atoms with E-state index >= 15 is 0 Å². The lowest BCUT2D eigenvalue weighted by atomic mass is 10.0. The quantitative estimate of drug-likeness (QED) is 0.691. The van der Waals surface area contributed by atoms with Gasteiger partial charge in [-0.3, -0.25) is 19.3 Å². The second-order valence-electron chi connectivity index (χ2n) is 6.78. The minimum atomic E-state index is -0.628. The standard InChI is InChI=1S/C21H17FN4O3/c1-25-10-9-23-18(25)17(12-3-6-14(22)7-4-12)24-19(27)13-5-8-15-16(11-13)21(29)26(2)20(15)28/h3-11,17H,1-2H3,(H,24,27). The molecule has 29 heavy (non-hydrogen) atoms. The molecule has 0 radical (unpaired) electrons. The Labute approximate surface area is 165 Å². The predicted molar refractivity (Wildman–Crippen MR) is 102 cm³/mol. The molecule has 7 nitrogen and oxygen atoms in total. The normalized spacial score (nSPS) is 14.1. The number of halogens is 1. The van der Waals surface area contributed by atoms with Gasteiger partial charge in [0, 0.05) is 32.1 Å². The first-order valence-electron chi connectivity index (χ1n) is 8.87. The van der Waals surface area contributed by atoms with Crippen LogP contribution in [0.4, 0.5) is 4.39 Å². The number of fused-ring (bicyclic) bond motifs is 1. The van der Waals surface area contributed by atoms with Crippen molar-refractivity contribution in [3.8, 4) is 0 Å². The summed E-state index contributed by atoms with van der Waals surface area (Å²) in [5.41, 5.74) is 1.36. The average Bonchev–Trinajstić information content (AvgIpc) is 3.24. The number of nitrogens with one attached hydrogen (secondary N) is 1. The van der Waals surface area contributed by atoms with E-state index in [2.05, 4.69) is 10.3 Å². The molecule has 2 heterocycles. The van der Waals surface area contributed by atoms with Crippen molar-refractivity contribution < 1.29 is 18.8 Å². The number of aromatic nitrogens is 2. The summed E-state index contributed by atoms with van der Waals surface area (Å²) in [4.78, 5) is 42.5. The first-order chi connectivity index (χ1) is 13.9. The number of rotatable bonds is 4. The highest BCUT2D eigenvalue weighted by molar-refractivity contribution is 6.21.